The van der Waals surface area contributed by atoms with Crippen LogP contribution in [0.15, 0.2) is 114 Å². The summed E-state index contributed by atoms with van der Waals surface area (Å²) < 4.78 is 29.8. The van der Waals surface area contributed by atoms with Crippen LogP contribution in [0.4, 0.5) is 0 Å². The van der Waals surface area contributed by atoms with Crippen molar-refractivity contribution in [2.24, 2.45) is 0 Å². The number of rotatable bonds is 7. The maximum atomic E-state index is 12.8. The van der Waals surface area contributed by atoms with Crippen LogP contribution in [0.25, 0.3) is 10.5 Å². The molecule has 1 N–H and O–H groups in total. The van der Waals surface area contributed by atoms with Gasteiger partial charge in [0.1, 0.15) is 10.0 Å². The predicted molar refractivity (Wildman–Crippen MR) is 150 cm³/mol. The quantitative estimate of drug-likeness (QED) is 0.244. The summed E-state index contributed by atoms with van der Waals surface area (Å²) >= 11 is 0. The first-order chi connectivity index (χ1) is 17.2. The molecule has 0 saturated heterocycles. The second-order valence-electron chi connectivity index (χ2n) is 9.20. The molecule has 4 aromatic rings. The third-order valence-corrected chi connectivity index (χ3v) is 7.30. The minimum atomic E-state index is -3.87. The monoisotopic (exact) mass is 635 g/mol. The van der Waals surface area contributed by atoms with Gasteiger partial charge in [0.15, 0.2) is 0 Å². The summed E-state index contributed by atoms with van der Waals surface area (Å²) in [4.78, 5) is 0.143. The molecule has 0 aliphatic heterocycles. The van der Waals surface area contributed by atoms with Gasteiger partial charge >= 0.3 is 19.5 Å². The van der Waals surface area contributed by atoms with E-state index in [1.165, 1.54) is 11.1 Å². The molecule has 0 aliphatic rings. The molecular formula is C31H34ClN2O2RuS. The van der Waals surface area contributed by atoms with Crippen LogP contribution < -0.4 is 12.4 Å². The second-order valence-corrected chi connectivity index (χ2v) is 10.8. The predicted octanol–water partition coefficient (Wildman–Crippen LogP) is 5.71. The maximum Gasteiger partial charge on any atom is 3.00 e. The third-order valence-electron chi connectivity index (χ3n) is 5.93. The number of benzene rings is 4. The molecule has 0 heterocycles. The molecule has 1 radical (unpaired) electrons. The zero-order chi connectivity index (χ0) is 26.1. The van der Waals surface area contributed by atoms with Crippen molar-refractivity contribution < 1.29 is 40.3 Å². The van der Waals surface area contributed by atoms with Crippen molar-refractivity contribution in [1.82, 2.24) is 0 Å². The van der Waals surface area contributed by atoms with E-state index < -0.39 is 22.1 Å². The van der Waals surface area contributed by atoms with Crippen LogP contribution in [-0.4, -0.2) is 8.42 Å². The van der Waals surface area contributed by atoms with Gasteiger partial charge in [-0.25, -0.2) is 8.42 Å². The molecule has 0 saturated carbocycles. The minimum Gasteiger partial charge on any atom is -1.00 e. The Morgan fingerprint density at radius 1 is 0.632 bits per heavy atom. The maximum absolute atomic E-state index is 12.8. The average Bonchev–Trinajstić information content (AvgIpc) is 2.89. The molecule has 4 aromatic carbocycles. The fourth-order valence-corrected chi connectivity index (χ4v) is 4.82. The molecule has 38 heavy (non-hydrogen) atoms. The van der Waals surface area contributed by atoms with Gasteiger partial charge in [0.2, 0.25) is 0 Å². The normalized spacial score (nSPS) is 12.3. The third kappa shape index (κ3) is 9.76. The molecule has 0 spiro atoms. The molecule has 0 aliphatic carbocycles. The number of hydrogen-bond donors (Lipinski definition) is 0. The fraction of sp³-hybridized carbons (Fsp3) is 0.226. The Bertz CT molecular complexity index is 1320. The Hall–Kier alpha value is -2.34. The summed E-state index contributed by atoms with van der Waals surface area (Å²) in [6.07, 6.45) is 0. The van der Waals surface area contributed by atoms with Crippen molar-refractivity contribution in [3.8, 4) is 0 Å². The van der Waals surface area contributed by atoms with Gasteiger partial charge in [-0.1, -0.05) is 133 Å². The first kappa shape index (κ1) is 33.7. The Labute approximate surface area is 247 Å². The summed E-state index contributed by atoms with van der Waals surface area (Å²) in [7, 11) is -3.87. The molecule has 7 heteroatoms. The second kappa shape index (κ2) is 15.9. The molecule has 4 rings (SSSR count). The summed E-state index contributed by atoms with van der Waals surface area (Å²) in [5, 5.41) is 0. The summed E-state index contributed by atoms with van der Waals surface area (Å²) in [5.41, 5.74) is 13.8. The van der Waals surface area contributed by atoms with E-state index in [2.05, 4.69) is 49.8 Å². The van der Waals surface area contributed by atoms with E-state index in [1.807, 2.05) is 67.6 Å². The number of hydrogen-bond acceptors (Lipinski definition) is 2. The van der Waals surface area contributed by atoms with Gasteiger partial charge in [-0.15, -0.1) is 12.1 Å². The Kier molecular flexibility index (Phi) is 14.1. The fourth-order valence-electron chi connectivity index (χ4n) is 3.68. The van der Waals surface area contributed by atoms with Gasteiger partial charge in [0.25, 0.3) is 0 Å². The SMILES string of the molecule is Cc1ccc(C(C)C)cc1.Cc1ccc(S(=O)(=O)[N-][C@@H](c2ccccc2)[C@@H]([NH-])c2ccccc2)cc1.[Cl-].[Ru+3]. The number of nitrogens with one attached hydrogen (secondary N) is 1. The minimum absolute atomic E-state index is 0. The average molecular weight is 635 g/mol. The van der Waals surface area contributed by atoms with Crippen molar-refractivity contribution >= 4 is 10.0 Å². The molecule has 0 amide bonds. The van der Waals surface area contributed by atoms with Crippen LogP contribution in [0.2, 0.25) is 0 Å². The van der Waals surface area contributed by atoms with Gasteiger partial charge < -0.3 is 22.9 Å². The van der Waals surface area contributed by atoms with Crippen molar-refractivity contribution in [3.05, 3.63) is 147 Å². The van der Waals surface area contributed by atoms with Gasteiger partial charge in [-0.05, 0) is 37.5 Å². The largest absolute Gasteiger partial charge is 3.00 e. The molecule has 0 fully saturated rings. The molecule has 0 bridgehead atoms. The van der Waals surface area contributed by atoms with Crippen LogP contribution in [0, 0.1) is 13.8 Å². The van der Waals surface area contributed by atoms with E-state index >= 15 is 0 Å². The smallest absolute Gasteiger partial charge is 1.00 e. The zero-order valence-electron chi connectivity index (χ0n) is 22.0. The van der Waals surface area contributed by atoms with Crippen LogP contribution in [0.3, 0.4) is 0 Å². The molecule has 0 aromatic heterocycles. The number of aryl methyl sites for hydroxylation is 2. The van der Waals surface area contributed by atoms with Gasteiger partial charge in [-0.3, -0.25) is 0 Å². The molecule has 0 unspecified atom stereocenters. The standard InChI is InChI=1S/C21H20N2O2S.C10H14.ClH.Ru/c1-16-12-14-19(15-13-16)26(24,25)23-21(18-10-6-3-7-11-18)20(22)17-8-4-2-5-9-17;1-8(2)10-6-4-9(3)5-7-10;;/h2-15,20-22H,1H3;4-8H,1-3H3;1H;/q-2;;;+3/p-1/t20-,21-;;;/m0.../s1. The van der Waals surface area contributed by atoms with E-state index in [4.69, 9.17) is 5.73 Å². The number of nitrogens with zero attached hydrogens (tertiary/aromatic N) is 1. The van der Waals surface area contributed by atoms with Crippen molar-refractivity contribution in [2.75, 3.05) is 0 Å². The van der Waals surface area contributed by atoms with Gasteiger partial charge in [0, 0.05) is 4.90 Å². The number of halogens is 1. The van der Waals surface area contributed by atoms with Gasteiger partial charge in [-0.2, -0.15) is 0 Å². The number of sulfonamides is 1. The van der Waals surface area contributed by atoms with Crippen LogP contribution >= 0.6 is 0 Å². The van der Waals surface area contributed by atoms with E-state index in [9.17, 15) is 8.42 Å². The Balaban J connectivity index is 0.000000511. The first-order valence-electron chi connectivity index (χ1n) is 12.1. The molecule has 4 nitrogen and oxygen atoms in total. The topological polar surface area (TPSA) is 72.0 Å². The summed E-state index contributed by atoms with van der Waals surface area (Å²) in [6.45, 7) is 8.44. The first-order valence-corrected chi connectivity index (χ1v) is 13.5. The van der Waals surface area contributed by atoms with Crippen LogP contribution in [0.5, 0.6) is 0 Å². The summed E-state index contributed by atoms with van der Waals surface area (Å²) in [6, 6.07) is 32.0. The van der Waals surface area contributed by atoms with Gasteiger partial charge in [0.05, 0.1) is 0 Å². The van der Waals surface area contributed by atoms with Crippen molar-refractivity contribution in [3.63, 3.8) is 0 Å². The Morgan fingerprint density at radius 2 is 1.05 bits per heavy atom. The molecular weight excluding hydrogens is 601 g/mol. The summed E-state index contributed by atoms with van der Waals surface area (Å²) in [5.74, 6) is 0.653. The van der Waals surface area contributed by atoms with Crippen LogP contribution in [-0.2, 0) is 29.5 Å². The van der Waals surface area contributed by atoms with Crippen molar-refractivity contribution in [2.45, 2.75) is 50.6 Å². The van der Waals surface area contributed by atoms with E-state index in [0.717, 1.165) is 11.1 Å². The molecule has 201 valence electrons. The zero-order valence-corrected chi connectivity index (χ0v) is 25.3. The van der Waals surface area contributed by atoms with E-state index in [0.29, 0.717) is 11.5 Å². The van der Waals surface area contributed by atoms with Crippen molar-refractivity contribution in [1.29, 1.82) is 0 Å². The van der Waals surface area contributed by atoms with Crippen LogP contribution in [0.1, 0.15) is 59.7 Å². The van der Waals surface area contributed by atoms with E-state index in [1.54, 1.807) is 24.3 Å². The molecule has 2 atom stereocenters. The Morgan fingerprint density at radius 3 is 1.50 bits per heavy atom. The van der Waals surface area contributed by atoms with E-state index in [-0.39, 0.29) is 36.8 Å².